The zero-order valence-electron chi connectivity index (χ0n) is 19.4. The van der Waals surface area contributed by atoms with E-state index in [1.54, 1.807) is 0 Å². The van der Waals surface area contributed by atoms with Gasteiger partial charge in [0, 0.05) is 38.9 Å². The van der Waals surface area contributed by atoms with Crippen LogP contribution in [0, 0.1) is 0 Å². The van der Waals surface area contributed by atoms with Gasteiger partial charge in [0.25, 0.3) is 0 Å². The third kappa shape index (κ3) is 4.26. The summed E-state index contributed by atoms with van der Waals surface area (Å²) in [7, 11) is 0. The van der Waals surface area contributed by atoms with Crippen LogP contribution in [0.3, 0.4) is 0 Å². The van der Waals surface area contributed by atoms with Crippen LogP contribution >= 0.6 is 0 Å². The molecule has 0 bridgehead atoms. The summed E-state index contributed by atoms with van der Waals surface area (Å²) in [5.74, 6) is -1.39. The van der Waals surface area contributed by atoms with Crippen molar-refractivity contribution in [3.63, 3.8) is 0 Å². The summed E-state index contributed by atoms with van der Waals surface area (Å²) in [5.41, 5.74) is 0. The van der Waals surface area contributed by atoms with E-state index in [-0.39, 0.29) is 48.8 Å². The largest absolute Gasteiger partial charge is 0.393 e. The SMILES string of the molecule is CCCOC1[C@H]2OC3(CCC(O)CC3)O[C@H]2C(OCCC)[C@@H]2OC3(CCC(O)CC3)O[C@H]12. The Hall–Kier alpha value is -0.320. The number of rotatable bonds is 6. The highest BCUT2D eigenvalue weighted by Crippen LogP contribution is 2.52. The van der Waals surface area contributed by atoms with Crippen LogP contribution in [0.1, 0.15) is 78.1 Å². The van der Waals surface area contributed by atoms with Gasteiger partial charge in [-0.3, -0.25) is 0 Å². The Morgan fingerprint density at radius 2 is 0.938 bits per heavy atom. The van der Waals surface area contributed by atoms with Crippen molar-refractivity contribution < 1.29 is 38.6 Å². The minimum absolute atomic E-state index is 0.290. The van der Waals surface area contributed by atoms with E-state index in [0.717, 1.165) is 12.8 Å². The van der Waals surface area contributed by atoms with Crippen molar-refractivity contribution in [1.29, 1.82) is 0 Å². The van der Waals surface area contributed by atoms with Crippen molar-refractivity contribution in [3.8, 4) is 0 Å². The number of hydrogen-bond acceptors (Lipinski definition) is 8. The molecule has 0 unspecified atom stereocenters. The van der Waals surface area contributed by atoms with Gasteiger partial charge in [-0.1, -0.05) is 13.8 Å². The minimum atomic E-state index is -0.693. The predicted molar refractivity (Wildman–Crippen MR) is 114 cm³/mol. The maximum atomic E-state index is 10.0. The summed E-state index contributed by atoms with van der Waals surface area (Å²) in [5, 5.41) is 20.0. The van der Waals surface area contributed by atoms with Gasteiger partial charge in [-0.05, 0) is 38.5 Å². The lowest BCUT2D eigenvalue weighted by Gasteiger charge is -2.42. The first-order chi connectivity index (χ1) is 15.5. The molecule has 3 saturated carbocycles. The Labute approximate surface area is 190 Å². The highest BCUT2D eigenvalue weighted by molar-refractivity contribution is 5.11. The Kier molecular flexibility index (Phi) is 6.87. The van der Waals surface area contributed by atoms with Crippen LogP contribution in [0.15, 0.2) is 0 Å². The second-order valence-corrected chi connectivity index (χ2v) is 10.3. The molecular weight excluding hydrogens is 416 g/mol. The molecule has 8 heteroatoms. The maximum absolute atomic E-state index is 10.0. The molecule has 5 aliphatic rings. The molecule has 0 aromatic heterocycles. The molecule has 0 radical (unpaired) electrons. The molecule has 32 heavy (non-hydrogen) atoms. The smallest absolute Gasteiger partial charge is 0.169 e. The van der Waals surface area contributed by atoms with E-state index < -0.39 is 11.6 Å². The average Bonchev–Trinajstić information content (AvgIpc) is 3.34. The fourth-order valence-electron chi connectivity index (χ4n) is 6.15. The van der Waals surface area contributed by atoms with Gasteiger partial charge < -0.3 is 38.6 Å². The molecule has 4 atom stereocenters. The van der Waals surface area contributed by atoms with Gasteiger partial charge >= 0.3 is 0 Å². The van der Waals surface area contributed by atoms with E-state index in [4.69, 9.17) is 28.4 Å². The van der Waals surface area contributed by atoms with Gasteiger partial charge in [-0.2, -0.15) is 0 Å². The highest BCUT2D eigenvalue weighted by atomic mass is 16.8. The van der Waals surface area contributed by atoms with Crippen molar-refractivity contribution in [1.82, 2.24) is 0 Å². The molecule has 5 fully saturated rings. The first kappa shape index (κ1) is 23.4. The molecule has 2 aliphatic heterocycles. The van der Waals surface area contributed by atoms with E-state index >= 15 is 0 Å². The molecule has 2 spiro atoms. The first-order valence-electron chi connectivity index (χ1n) is 12.8. The Balaban J connectivity index is 1.42. The van der Waals surface area contributed by atoms with Crippen molar-refractivity contribution in [2.45, 2.75) is 138 Å². The zero-order valence-corrected chi connectivity index (χ0v) is 19.4. The van der Waals surface area contributed by atoms with Gasteiger partial charge in [-0.15, -0.1) is 0 Å². The van der Waals surface area contributed by atoms with Gasteiger partial charge in [0.05, 0.1) is 12.2 Å². The molecule has 0 aromatic rings. The molecule has 2 N–H and O–H groups in total. The predicted octanol–water partition coefficient (Wildman–Crippen LogP) is 2.42. The molecule has 3 aliphatic carbocycles. The lowest BCUT2D eigenvalue weighted by Crippen LogP contribution is -2.63. The number of hydrogen-bond donors (Lipinski definition) is 2. The molecule has 8 nitrogen and oxygen atoms in total. The Morgan fingerprint density at radius 3 is 1.22 bits per heavy atom. The number of ether oxygens (including phenoxy) is 6. The van der Waals surface area contributed by atoms with Gasteiger partial charge in [-0.25, -0.2) is 0 Å². The second kappa shape index (κ2) is 9.38. The number of fused-ring (bicyclic) bond motifs is 2. The summed E-state index contributed by atoms with van der Waals surface area (Å²) in [6, 6.07) is 0. The standard InChI is InChI=1S/C24H40O8/c1-3-13-27-17-19-21(31-23(29-19)9-5-15(25)6-10-23)18(28-14-4-2)22-20(17)30-24(32-22)11-7-16(26)8-12-24/h15-22,25-26H,3-14H2,1-2H3/t15?,16?,17?,18?,19-,20-,21+,22+,23?,24?. The van der Waals surface area contributed by atoms with Crippen LogP contribution in [0.5, 0.6) is 0 Å². The van der Waals surface area contributed by atoms with E-state index in [0.29, 0.717) is 64.6 Å². The number of aliphatic hydroxyl groups excluding tert-OH is 2. The van der Waals surface area contributed by atoms with Crippen LogP contribution < -0.4 is 0 Å². The van der Waals surface area contributed by atoms with E-state index in [9.17, 15) is 10.2 Å². The number of aliphatic hydroxyl groups is 2. The molecule has 2 saturated heterocycles. The third-order valence-corrected chi connectivity index (χ3v) is 7.81. The minimum Gasteiger partial charge on any atom is -0.393 e. The quantitative estimate of drug-likeness (QED) is 0.629. The van der Waals surface area contributed by atoms with E-state index in [2.05, 4.69) is 13.8 Å². The van der Waals surface area contributed by atoms with Crippen LogP contribution in [0.4, 0.5) is 0 Å². The van der Waals surface area contributed by atoms with Crippen LogP contribution in [-0.2, 0) is 28.4 Å². The Morgan fingerprint density at radius 1 is 0.625 bits per heavy atom. The van der Waals surface area contributed by atoms with E-state index in [1.807, 2.05) is 0 Å². The molecule has 0 aromatic carbocycles. The molecule has 2 heterocycles. The molecule has 0 amide bonds. The first-order valence-corrected chi connectivity index (χ1v) is 12.8. The molecule has 5 rings (SSSR count). The second-order valence-electron chi connectivity index (χ2n) is 10.3. The van der Waals surface area contributed by atoms with Crippen LogP contribution in [0.2, 0.25) is 0 Å². The van der Waals surface area contributed by atoms with Gasteiger partial charge in [0.2, 0.25) is 0 Å². The lowest BCUT2D eigenvalue weighted by molar-refractivity contribution is -0.235. The third-order valence-electron chi connectivity index (χ3n) is 7.81. The van der Waals surface area contributed by atoms with Crippen molar-refractivity contribution in [2.24, 2.45) is 0 Å². The van der Waals surface area contributed by atoms with E-state index in [1.165, 1.54) is 0 Å². The van der Waals surface area contributed by atoms with Crippen LogP contribution in [-0.4, -0.2) is 83.8 Å². The highest BCUT2D eigenvalue weighted by Gasteiger charge is 2.67. The fourth-order valence-corrected chi connectivity index (χ4v) is 6.15. The van der Waals surface area contributed by atoms with Crippen molar-refractivity contribution in [3.05, 3.63) is 0 Å². The molecular formula is C24H40O8. The zero-order chi connectivity index (χ0) is 22.3. The van der Waals surface area contributed by atoms with Crippen molar-refractivity contribution in [2.75, 3.05) is 13.2 Å². The summed E-state index contributed by atoms with van der Waals surface area (Å²) in [4.78, 5) is 0. The van der Waals surface area contributed by atoms with Crippen molar-refractivity contribution >= 4 is 0 Å². The summed E-state index contributed by atoms with van der Waals surface area (Å²) >= 11 is 0. The monoisotopic (exact) mass is 456 g/mol. The van der Waals surface area contributed by atoms with Crippen LogP contribution in [0.25, 0.3) is 0 Å². The van der Waals surface area contributed by atoms with Gasteiger partial charge in [0.15, 0.2) is 11.6 Å². The topological polar surface area (TPSA) is 95.8 Å². The Bertz CT molecular complexity index is 545. The summed E-state index contributed by atoms with van der Waals surface area (Å²) in [6.45, 7) is 5.41. The average molecular weight is 457 g/mol. The summed E-state index contributed by atoms with van der Waals surface area (Å²) in [6.07, 6.45) is 4.78. The normalized spacial score (nSPS) is 50.6. The lowest BCUT2D eigenvalue weighted by atomic mass is 9.84. The maximum Gasteiger partial charge on any atom is 0.169 e. The summed E-state index contributed by atoms with van der Waals surface area (Å²) < 4.78 is 39.3. The van der Waals surface area contributed by atoms with Gasteiger partial charge in [0.1, 0.15) is 36.6 Å². The fraction of sp³-hybridized carbons (Fsp3) is 1.00. The molecule has 184 valence electrons.